The lowest BCUT2D eigenvalue weighted by Gasteiger charge is -2.27. The van der Waals surface area contributed by atoms with Crippen molar-refractivity contribution in [2.24, 2.45) is 9.98 Å². The topological polar surface area (TPSA) is 133 Å². The molecule has 10 nitrogen and oxygen atoms in total. The van der Waals surface area contributed by atoms with Crippen LogP contribution >= 0.6 is 62.3 Å². The van der Waals surface area contributed by atoms with Crippen LogP contribution in [0.3, 0.4) is 0 Å². The van der Waals surface area contributed by atoms with Crippen molar-refractivity contribution in [3.63, 3.8) is 0 Å². The SMILES string of the molecule is C1CCOC1.CCN(CC)CC.CN(Cc1cc(Cl)cc(Cl)c1O)c1ccccc1N=Cc1cc(C(C)(C)C)cc(C(C)(C)C)c1O.CNc1ccccc1N=Cc1cc(C(C)(C)C)cc(C(C)(C)C)c1O.Oc1c(Cl)cc(Cl)cc1CBr. The number of phenolic OH excluding ortho intramolecular Hbond substituents is 4. The molecule has 15 heteroatoms. The standard InChI is InChI=1S/C29H34Cl2N2O2.C22H30N2O.C7H5BrCl2O.C6H15N.C4H8O/c1-28(2,3)20-12-18(26(34)22(14-20)29(4,5)6)16-32-24-10-8-9-11-25(24)33(7)17-19-13-21(30)15-23(31)27(19)35;1-21(2,3)16-12-15(20(25)17(13-16)22(4,5)6)14-24-19-11-9-8-10-18(19)23-7;8-3-4-1-5(9)2-6(10)7(4)11;1-4-7(5-2)6-3;1-2-4-5-3-1/h8-16,34-35H,17H2,1-7H3;8-14,23,25H,1-7H3;1-2,11H,3H2;4-6H2,1-3H3;1-4H2. The second kappa shape index (κ2) is 33.1. The zero-order chi connectivity index (χ0) is 62.6. The van der Waals surface area contributed by atoms with Crippen molar-refractivity contribution in [2.75, 3.05) is 57.2 Å². The molecule has 1 saturated heterocycles. The van der Waals surface area contributed by atoms with Gasteiger partial charge in [-0.05, 0) is 126 Å². The normalized spacial score (nSPS) is 12.7. The number of aliphatic imine (C=N–C) groups is 2. The molecule has 1 heterocycles. The number of aromatic hydroxyl groups is 4. The number of anilines is 2. The molecule has 0 amide bonds. The zero-order valence-electron chi connectivity index (χ0n) is 52.1. The average Bonchev–Trinajstić information content (AvgIpc) is 4.16. The molecule has 7 rings (SSSR count). The zero-order valence-corrected chi connectivity index (χ0v) is 56.7. The number of nitrogens with zero attached hydrogens (tertiary/aromatic N) is 4. The summed E-state index contributed by atoms with van der Waals surface area (Å²) in [5, 5.41) is 46.8. The number of ether oxygens (including phenoxy) is 1. The Morgan fingerprint density at radius 2 is 0.964 bits per heavy atom. The highest BCUT2D eigenvalue weighted by Crippen LogP contribution is 2.41. The molecule has 83 heavy (non-hydrogen) atoms. The van der Waals surface area contributed by atoms with E-state index in [9.17, 15) is 20.4 Å². The number of para-hydroxylation sites is 4. The van der Waals surface area contributed by atoms with Gasteiger partial charge in [0.05, 0.1) is 32.8 Å². The minimum absolute atomic E-state index is 0.000822. The lowest BCUT2D eigenvalue weighted by molar-refractivity contribution is 0.198. The van der Waals surface area contributed by atoms with Gasteiger partial charge >= 0.3 is 0 Å². The largest absolute Gasteiger partial charge is 0.507 e. The van der Waals surface area contributed by atoms with E-state index in [0.717, 1.165) is 58.2 Å². The van der Waals surface area contributed by atoms with Crippen molar-refractivity contribution < 1.29 is 25.2 Å². The van der Waals surface area contributed by atoms with Crippen LogP contribution < -0.4 is 10.2 Å². The summed E-state index contributed by atoms with van der Waals surface area (Å²) in [7, 11) is 3.79. The molecule has 0 saturated carbocycles. The third-order valence-corrected chi connectivity index (χ3v) is 15.3. The molecular formula is C68H92BrCl4N5O5. The van der Waals surface area contributed by atoms with Gasteiger partial charge in [0.25, 0.3) is 0 Å². The first-order valence-corrected chi connectivity index (χ1v) is 31.0. The van der Waals surface area contributed by atoms with Crippen molar-refractivity contribution in [3.05, 3.63) is 162 Å². The summed E-state index contributed by atoms with van der Waals surface area (Å²) in [6, 6.07) is 30.3. The molecule has 0 atom stereocenters. The quantitative estimate of drug-likeness (QED) is 0.0604. The average molecular weight is 1280 g/mol. The fourth-order valence-corrected chi connectivity index (χ4v) is 9.97. The van der Waals surface area contributed by atoms with Crippen LogP contribution in [0.25, 0.3) is 0 Å². The molecule has 6 aromatic carbocycles. The second-order valence-corrected chi connectivity index (χ2v) is 26.7. The lowest BCUT2D eigenvalue weighted by atomic mass is 9.79. The predicted octanol–water partition coefficient (Wildman–Crippen LogP) is 19.9. The fraction of sp³-hybridized carbons (Fsp3) is 0.441. The number of phenols is 4. The summed E-state index contributed by atoms with van der Waals surface area (Å²) >= 11 is 26.8. The smallest absolute Gasteiger partial charge is 0.139 e. The molecule has 1 aliphatic rings. The van der Waals surface area contributed by atoms with E-state index in [2.05, 4.69) is 147 Å². The Balaban J connectivity index is 0.000000322. The summed E-state index contributed by atoms with van der Waals surface area (Å²) in [6.07, 6.45) is 6.04. The minimum atomic E-state index is -0.216. The Morgan fingerprint density at radius 1 is 0.554 bits per heavy atom. The highest BCUT2D eigenvalue weighted by Gasteiger charge is 2.26. The summed E-state index contributed by atoms with van der Waals surface area (Å²) in [4.78, 5) is 13.7. The number of hydrogen-bond acceptors (Lipinski definition) is 10. The maximum atomic E-state index is 11.1. The van der Waals surface area contributed by atoms with Crippen LogP contribution in [0.1, 0.15) is 161 Å². The second-order valence-electron chi connectivity index (χ2n) is 24.4. The van der Waals surface area contributed by atoms with Crippen LogP contribution in [0.5, 0.6) is 23.0 Å². The van der Waals surface area contributed by atoms with Crippen LogP contribution in [-0.2, 0) is 38.3 Å². The van der Waals surface area contributed by atoms with Crippen molar-refractivity contribution in [1.29, 1.82) is 0 Å². The fourth-order valence-electron chi connectivity index (χ4n) is 8.47. The molecule has 0 bridgehead atoms. The maximum Gasteiger partial charge on any atom is 0.139 e. The monoisotopic (exact) mass is 1280 g/mol. The van der Waals surface area contributed by atoms with Gasteiger partial charge in [0.2, 0.25) is 0 Å². The van der Waals surface area contributed by atoms with Gasteiger partial charge < -0.3 is 40.3 Å². The summed E-state index contributed by atoms with van der Waals surface area (Å²) in [5.41, 5.74) is 9.90. The maximum absolute atomic E-state index is 11.1. The van der Waals surface area contributed by atoms with Crippen molar-refractivity contribution in [1.82, 2.24) is 4.90 Å². The molecule has 0 aliphatic carbocycles. The first-order valence-electron chi connectivity index (χ1n) is 28.3. The summed E-state index contributed by atoms with van der Waals surface area (Å²) < 4.78 is 4.94. The van der Waals surface area contributed by atoms with Crippen molar-refractivity contribution in [3.8, 4) is 23.0 Å². The van der Waals surface area contributed by atoms with Crippen LogP contribution in [0.2, 0.25) is 20.1 Å². The number of benzene rings is 6. The first-order chi connectivity index (χ1) is 38.7. The van der Waals surface area contributed by atoms with Gasteiger partial charge in [0.1, 0.15) is 23.0 Å². The van der Waals surface area contributed by atoms with E-state index in [1.165, 1.54) is 50.2 Å². The van der Waals surface area contributed by atoms with Crippen molar-refractivity contribution >= 4 is 97.5 Å². The molecule has 6 aromatic rings. The van der Waals surface area contributed by atoms with Gasteiger partial charge in [-0.25, -0.2) is 0 Å². The Labute approximate surface area is 526 Å². The summed E-state index contributed by atoms with van der Waals surface area (Å²) in [5.74, 6) is 0.667. The molecular weight excluding hydrogens is 1190 g/mol. The van der Waals surface area contributed by atoms with Gasteiger partial charge in [0, 0.05) is 95.0 Å². The van der Waals surface area contributed by atoms with E-state index in [1.54, 1.807) is 24.6 Å². The van der Waals surface area contributed by atoms with Crippen LogP contribution in [0.15, 0.2) is 107 Å². The Hall–Kier alpha value is -4.98. The molecule has 0 spiro atoms. The molecule has 1 aliphatic heterocycles. The van der Waals surface area contributed by atoms with Crippen molar-refractivity contribution in [2.45, 2.75) is 150 Å². The van der Waals surface area contributed by atoms with Crippen LogP contribution in [-0.4, -0.2) is 84.7 Å². The predicted molar refractivity (Wildman–Crippen MR) is 362 cm³/mol. The number of halogens is 5. The van der Waals surface area contributed by atoms with E-state index >= 15 is 0 Å². The third-order valence-electron chi connectivity index (χ3n) is 13.7. The van der Waals surface area contributed by atoms with E-state index in [4.69, 9.17) is 56.1 Å². The molecule has 1 fully saturated rings. The van der Waals surface area contributed by atoms with Gasteiger partial charge in [-0.3, -0.25) is 9.98 Å². The number of alkyl halides is 1. The number of nitrogens with one attached hydrogen (secondary N) is 1. The molecule has 0 aromatic heterocycles. The first kappa shape index (κ1) is 72.3. The van der Waals surface area contributed by atoms with Crippen LogP contribution in [0, 0.1) is 0 Å². The Bertz CT molecular complexity index is 3060. The van der Waals surface area contributed by atoms with Gasteiger partial charge in [0.15, 0.2) is 0 Å². The van der Waals surface area contributed by atoms with E-state index in [1.807, 2.05) is 79.7 Å². The highest BCUT2D eigenvalue weighted by atomic mass is 79.9. The molecule has 5 N–H and O–H groups in total. The van der Waals surface area contributed by atoms with Gasteiger partial charge in [-0.1, -0.05) is 203 Å². The molecule has 0 radical (unpaired) electrons. The minimum Gasteiger partial charge on any atom is -0.507 e. The number of hydrogen-bond donors (Lipinski definition) is 5. The Morgan fingerprint density at radius 3 is 1.35 bits per heavy atom. The number of rotatable bonds is 12. The van der Waals surface area contributed by atoms with E-state index in [0.29, 0.717) is 44.4 Å². The van der Waals surface area contributed by atoms with E-state index < -0.39 is 0 Å². The lowest BCUT2D eigenvalue weighted by Crippen LogP contribution is -2.21. The van der Waals surface area contributed by atoms with E-state index in [-0.39, 0.29) is 49.0 Å². The highest BCUT2D eigenvalue weighted by molar-refractivity contribution is 9.08. The molecule has 454 valence electrons. The van der Waals surface area contributed by atoms with Gasteiger partial charge in [-0.2, -0.15) is 0 Å². The van der Waals surface area contributed by atoms with Gasteiger partial charge in [-0.15, -0.1) is 0 Å². The third kappa shape index (κ3) is 22.8. The molecule has 0 unspecified atom stereocenters. The van der Waals surface area contributed by atoms with Crippen LogP contribution in [0.4, 0.5) is 22.7 Å². The Kier molecular flexibility index (Phi) is 28.8. The summed E-state index contributed by atoms with van der Waals surface area (Å²) in [6.45, 7) is 38.2.